The highest BCUT2D eigenvalue weighted by Gasteiger charge is 2.32. The van der Waals surface area contributed by atoms with Crippen LogP contribution in [0.5, 0.6) is 0 Å². The molecule has 0 atom stereocenters. The molecule has 16 heavy (non-hydrogen) atoms. The van der Waals surface area contributed by atoms with Crippen molar-refractivity contribution in [3.05, 3.63) is 40.0 Å². The van der Waals surface area contributed by atoms with Crippen molar-refractivity contribution in [2.75, 3.05) is 0 Å². The standard InChI is InChI=1S/C12H13ClO2Si/c1-16(2,3)11(13)10-8-6-4-5-7-9(8)12(14)15-10/h4-7H,1-3H3/b11-10+. The van der Waals surface area contributed by atoms with Crippen LogP contribution in [0.4, 0.5) is 0 Å². The first kappa shape index (κ1) is 11.4. The number of halogens is 1. The van der Waals surface area contributed by atoms with Gasteiger partial charge in [-0.2, -0.15) is 0 Å². The minimum absolute atomic E-state index is 0.304. The molecule has 2 rings (SSSR count). The molecule has 0 fully saturated rings. The Morgan fingerprint density at radius 3 is 2.31 bits per heavy atom. The van der Waals surface area contributed by atoms with E-state index >= 15 is 0 Å². The molecule has 1 aromatic rings. The van der Waals surface area contributed by atoms with Gasteiger partial charge in [0.25, 0.3) is 0 Å². The zero-order valence-corrected chi connectivity index (χ0v) is 11.3. The van der Waals surface area contributed by atoms with Crippen molar-refractivity contribution in [1.29, 1.82) is 0 Å². The number of esters is 1. The molecule has 1 heterocycles. The molecular weight excluding hydrogens is 240 g/mol. The fourth-order valence-corrected chi connectivity index (χ4v) is 2.57. The third-order valence-electron chi connectivity index (χ3n) is 2.44. The van der Waals surface area contributed by atoms with Crippen molar-refractivity contribution in [1.82, 2.24) is 0 Å². The van der Waals surface area contributed by atoms with Crippen LogP contribution in [0.3, 0.4) is 0 Å². The molecular formula is C12H13ClO2Si. The Morgan fingerprint density at radius 1 is 1.19 bits per heavy atom. The fraction of sp³-hybridized carbons (Fsp3) is 0.250. The van der Waals surface area contributed by atoms with E-state index in [-0.39, 0.29) is 5.97 Å². The number of carbonyl (C=O) groups excluding carboxylic acids is 1. The number of rotatable bonds is 1. The van der Waals surface area contributed by atoms with E-state index in [1.54, 1.807) is 6.07 Å². The van der Waals surface area contributed by atoms with Crippen LogP contribution in [-0.4, -0.2) is 14.0 Å². The molecule has 0 saturated heterocycles. The quantitative estimate of drug-likeness (QED) is 0.563. The Bertz CT molecular complexity index is 486. The minimum atomic E-state index is -1.66. The molecule has 1 aromatic carbocycles. The predicted molar refractivity (Wildman–Crippen MR) is 68.0 cm³/mol. The Kier molecular flexibility index (Phi) is 2.68. The highest BCUT2D eigenvalue weighted by atomic mass is 35.5. The van der Waals surface area contributed by atoms with Crippen molar-refractivity contribution in [3.8, 4) is 0 Å². The molecule has 0 aromatic heterocycles. The van der Waals surface area contributed by atoms with Crippen LogP contribution in [0, 0.1) is 0 Å². The maximum Gasteiger partial charge on any atom is 0.344 e. The van der Waals surface area contributed by atoms with Crippen molar-refractivity contribution in [2.45, 2.75) is 19.6 Å². The highest BCUT2D eigenvalue weighted by Crippen LogP contribution is 2.36. The van der Waals surface area contributed by atoms with Crippen molar-refractivity contribution in [3.63, 3.8) is 0 Å². The fourth-order valence-electron chi connectivity index (χ4n) is 1.57. The van der Waals surface area contributed by atoms with Crippen molar-refractivity contribution < 1.29 is 9.53 Å². The number of benzene rings is 1. The van der Waals surface area contributed by atoms with Gasteiger partial charge in [-0.15, -0.1) is 0 Å². The van der Waals surface area contributed by atoms with Gasteiger partial charge in [-0.1, -0.05) is 49.4 Å². The van der Waals surface area contributed by atoms with Gasteiger partial charge in [0.05, 0.1) is 13.6 Å². The number of hydrogen-bond acceptors (Lipinski definition) is 2. The SMILES string of the molecule is C[Si](C)(C)/C(Cl)=C1/OC(=O)c2ccccc21. The van der Waals surface area contributed by atoms with Gasteiger partial charge in [0.1, 0.15) is 5.76 Å². The average molecular weight is 253 g/mol. The maximum atomic E-state index is 11.6. The normalized spacial score (nSPS) is 18.1. The largest absolute Gasteiger partial charge is 0.421 e. The number of hydrogen-bond donors (Lipinski definition) is 0. The van der Waals surface area contributed by atoms with Crippen LogP contribution in [0.25, 0.3) is 5.76 Å². The van der Waals surface area contributed by atoms with Crippen molar-refractivity contribution in [2.24, 2.45) is 0 Å². The lowest BCUT2D eigenvalue weighted by molar-refractivity contribution is 0.0715. The molecule has 0 radical (unpaired) electrons. The van der Waals surface area contributed by atoms with Gasteiger partial charge < -0.3 is 4.74 Å². The Balaban J connectivity index is 2.61. The highest BCUT2D eigenvalue weighted by molar-refractivity contribution is 6.92. The van der Waals surface area contributed by atoms with Crippen LogP contribution in [0.15, 0.2) is 28.9 Å². The zero-order chi connectivity index (χ0) is 11.9. The smallest absolute Gasteiger partial charge is 0.344 e. The second kappa shape index (κ2) is 3.75. The van der Waals surface area contributed by atoms with Gasteiger partial charge in [0.15, 0.2) is 0 Å². The van der Waals surface area contributed by atoms with Gasteiger partial charge >= 0.3 is 5.97 Å². The molecule has 0 spiro atoms. The molecule has 0 saturated carbocycles. The molecule has 0 bridgehead atoms. The Morgan fingerprint density at radius 2 is 1.75 bits per heavy atom. The third kappa shape index (κ3) is 1.81. The number of ether oxygens (including phenoxy) is 1. The number of cyclic esters (lactones) is 1. The average Bonchev–Trinajstić information content (AvgIpc) is 2.55. The summed E-state index contributed by atoms with van der Waals surface area (Å²) in [5.41, 5.74) is 1.42. The first-order valence-electron chi connectivity index (χ1n) is 5.13. The monoisotopic (exact) mass is 252 g/mol. The van der Waals surface area contributed by atoms with Gasteiger partial charge in [0, 0.05) is 10.2 Å². The van der Waals surface area contributed by atoms with E-state index in [0.29, 0.717) is 16.0 Å². The van der Waals surface area contributed by atoms with E-state index in [1.165, 1.54) is 0 Å². The lowest BCUT2D eigenvalue weighted by atomic mass is 10.1. The van der Waals surface area contributed by atoms with E-state index < -0.39 is 8.07 Å². The molecule has 4 heteroatoms. The first-order chi connectivity index (χ1) is 7.41. The molecule has 0 aliphatic carbocycles. The summed E-state index contributed by atoms with van der Waals surface area (Å²) in [6.45, 7) is 6.37. The molecule has 84 valence electrons. The van der Waals surface area contributed by atoms with Crippen LogP contribution in [-0.2, 0) is 4.74 Å². The Hall–Kier alpha value is -1.06. The topological polar surface area (TPSA) is 26.3 Å². The maximum absolute atomic E-state index is 11.6. The lowest BCUT2D eigenvalue weighted by Gasteiger charge is -2.16. The van der Waals surface area contributed by atoms with E-state index in [1.807, 2.05) is 18.2 Å². The summed E-state index contributed by atoms with van der Waals surface area (Å²) in [6, 6.07) is 7.35. The van der Waals surface area contributed by atoms with E-state index in [0.717, 1.165) is 5.56 Å². The van der Waals surface area contributed by atoms with Crippen LogP contribution >= 0.6 is 11.6 Å². The van der Waals surface area contributed by atoms with Crippen LogP contribution in [0.1, 0.15) is 15.9 Å². The molecule has 1 aliphatic rings. The summed E-state index contributed by atoms with van der Waals surface area (Å²) in [5.74, 6) is 0.253. The van der Waals surface area contributed by atoms with Gasteiger partial charge in [-0.05, 0) is 6.07 Å². The molecule has 2 nitrogen and oxygen atoms in total. The third-order valence-corrected chi connectivity index (χ3v) is 5.86. The Labute approximate surface area is 101 Å². The number of fused-ring (bicyclic) bond motifs is 1. The van der Waals surface area contributed by atoms with E-state index in [4.69, 9.17) is 16.3 Å². The summed E-state index contributed by atoms with van der Waals surface area (Å²) >= 11 is 6.32. The van der Waals surface area contributed by atoms with Crippen LogP contribution < -0.4 is 0 Å². The zero-order valence-electron chi connectivity index (χ0n) is 9.50. The molecule has 1 aliphatic heterocycles. The molecule has 0 amide bonds. The lowest BCUT2D eigenvalue weighted by Crippen LogP contribution is -2.22. The van der Waals surface area contributed by atoms with Gasteiger partial charge in [-0.3, -0.25) is 0 Å². The summed E-state index contributed by atoms with van der Waals surface area (Å²) in [7, 11) is -1.66. The molecule has 0 unspecified atom stereocenters. The predicted octanol–water partition coefficient (Wildman–Crippen LogP) is 3.64. The van der Waals surface area contributed by atoms with E-state index in [2.05, 4.69) is 19.6 Å². The molecule has 0 N–H and O–H groups in total. The summed E-state index contributed by atoms with van der Waals surface area (Å²) in [6.07, 6.45) is 0. The minimum Gasteiger partial charge on any atom is -0.421 e. The number of carbonyl (C=O) groups is 1. The van der Waals surface area contributed by atoms with Crippen LogP contribution in [0.2, 0.25) is 19.6 Å². The van der Waals surface area contributed by atoms with Gasteiger partial charge in [-0.25, -0.2) is 4.79 Å². The van der Waals surface area contributed by atoms with Crippen molar-refractivity contribution >= 4 is 31.4 Å². The first-order valence-corrected chi connectivity index (χ1v) is 9.01. The second-order valence-corrected chi connectivity index (χ2v) is 10.5. The summed E-state index contributed by atoms with van der Waals surface area (Å²) in [5, 5.41) is 0. The summed E-state index contributed by atoms with van der Waals surface area (Å²) in [4.78, 5) is 11.6. The second-order valence-electron chi connectivity index (χ2n) is 4.83. The summed E-state index contributed by atoms with van der Waals surface area (Å²) < 4.78 is 5.98. The van der Waals surface area contributed by atoms with Gasteiger partial charge in [0.2, 0.25) is 0 Å². The van der Waals surface area contributed by atoms with E-state index in [9.17, 15) is 4.79 Å².